The number of carbonyl (C=O) groups is 1. The van der Waals surface area contributed by atoms with Gasteiger partial charge >= 0.3 is 6.03 Å². The first kappa shape index (κ1) is 16.9. The van der Waals surface area contributed by atoms with Gasteiger partial charge in [-0.05, 0) is 50.3 Å². The van der Waals surface area contributed by atoms with Crippen molar-refractivity contribution in [1.29, 1.82) is 0 Å². The van der Waals surface area contributed by atoms with Gasteiger partial charge in [0, 0.05) is 32.3 Å². The Kier molecular flexibility index (Phi) is 5.22. The maximum atomic E-state index is 13.3. The highest BCUT2D eigenvalue weighted by molar-refractivity contribution is 5.78. The SMILES string of the molecule is O=C1N(CC2CCOCC2)CC(c2ccccc2)N1C1CCNCC1. The zero-order valence-corrected chi connectivity index (χ0v) is 14.9. The fourth-order valence-corrected chi connectivity index (χ4v) is 4.50. The zero-order valence-electron chi connectivity index (χ0n) is 14.9. The normalized spacial score (nSPS) is 26.4. The minimum atomic E-state index is 0.191. The van der Waals surface area contributed by atoms with Crippen LogP contribution in [0.4, 0.5) is 4.79 Å². The number of benzene rings is 1. The lowest BCUT2D eigenvalue weighted by molar-refractivity contribution is 0.0576. The average molecular weight is 343 g/mol. The maximum Gasteiger partial charge on any atom is 0.320 e. The first-order valence-electron chi connectivity index (χ1n) is 9.73. The highest BCUT2D eigenvalue weighted by Crippen LogP contribution is 2.34. The van der Waals surface area contributed by atoms with Crippen molar-refractivity contribution >= 4 is 6.03 Å². The Balaban J connectivity index is 1.53. The third kappa shape index (κ3) is 3.67. The molecule has 0 aromatic heterocycles. The van der Waals surface area contributed by atoms with Crippen LogP contribution >= 0.6 is 0 Å². The molecule has 5 heteroatoms. The van der Waals surface area contributed by atoms with Crippen LogP contribution in [0.3, 0.4) is 0 Å². The summed E-state index contributed by atoms with van der Waals surface area (Å²) in [4.78, 5) is 17.6. The van der Waals surface area contributed by atoms with Gasteiger partial charge in [0.2, 0.25) is 0 Å². The fraction of sp³-hybridized carbons (Fsp3) is 0.650. The summed E-state index contributed by atoms with van der Waals surface area (Å²) < 4.78 is 5.48. The second-order valence-electron chi connectivity index (χ2n) is 7.56. The molecule has 136 valence electrons. The number of urea groups is 1. The molecule has 3 saturated heterocycles. The first-order chi connectivity index (χ1) is 12.3. The number of nitrogens with one attached hydrogen (secondary N) is 1. The van der Waals surface area contributed by atoms with Crippen LogP contribution in [0.15, 0.2) is 30.3 Å². The topological polar surface area (TPSA) is 44.8 Å². The zero-order chi connectivity index (χ0) is 17.1. The highest BCUT2D eigenvalue weighted by atomic mass is 16.5. The Hall–Kier alpha value is -1.59. The summed E-state index contributed by atoms with van der Waals surface area (Å²) in [6, 6.07) is 11.4. The Morgan fingerprint density at radius 1 is 1.04 bits per heavy atom. The van der Waals surface area contributed by atoms with Crippen molar-refractivity contribution in [1.82, 2.24) is 15.1 Å². The van der Waals surface area contributed by atoms with Crippen molar-refractivity contribution in [3.05, 3.63) is 35.9 Å². The summed E-state index contributed by atoms with van der Waals surface area (Å²) in [5, 5.41) is 3.42. The summed E-state index contributed by atoms with van der Waals surface area (Å²) in [6.07, 6.45) is 4.26. The standard InChI is InChI=1S/C20H29N3O2/c24-20-22(14-16-8-12-25-13-9-16)15-19(17-4-2-1-3-5-17)23(20)18-6-10-21-11-7-18/h1-5,16,18-19,21H,6-15H2. The molecule has 3 fully saturated rings. The molecule has 5 nitrogen and oxygen atoms in total. The number of piperidine rings is 1. The molecule has 3 heterocycles. The second-order valence-corrected chi connectivity index (χ2v) is 7.56. The average Bonchev–Trinajstić information content (AvgIpc) is 3.00. The molecule has 1 unspecified atom stereocenters. The largest absolute Gasteiger partial charge is 0.381 e. The number of hydrogen-bond acceptors (Lipinski definition) is 3. The summed E-state index contributed by atoms with van der Waals surface area (Å²) in [6.45, 7) is 5.41. The smallest absolute Gasteiger partial charge is 0.320 e. The van der Waals surface area contributed by atoms with Gasteiger partial charge in [-0.25, -0.2) is 4.79 Å². The van der Waals surface area contributed by atoms with E-state index in [2.05, 4.69) is 45.4 Å². The van der Waals surface area contributed by atoms with E-state index < -0.39 is 0 Å². The van der Waals surface area contributed by atoms with E-state index in [0.29, 0.717) is 12.0 Å². The molecule has 1 atom stereocenters. The van der Waals surface area contributed by atoms with Crippen LogP contribution in [-0.2, 0) is 4.74 Å². The third-order valence-corrected chi connectivity index (χ3v) is 5.93. The Morgan fingerprint density at radius 3 is 2.48 bits per heavy atom. The van der Waals surface area contributed by atoms with Crippen LogP contribution in [0.1, 0.15) is 37.3 Å². The van der Waals surface area contributed by atoms with Crippen molar-refractivity contribution in [3.63, 3.8) is 0 Å². The summed E-state index contributed by atoms with van der Waals surface area (Å²) in [7, 11) is 0. The molecule has 3 aliphatic heterocycles. The van der Waals surface area contributed by atoms with E-state index in [4.69, 9.17) is 4.74 Å². The highest BCUT2D eigenvalue weighted by Gasteiger charge is 2.42. The van der Waals surface area contributed by atoms with E-state index in [-0.39, 0.29) is 12.1 Å². The van der Waals surface area contributed by atoms with E-state index in [1.807, 2.05) is 0 Å². The van der Waals surface area contributed by atoms with Crippen molar-refractivity contribution in [2.24, 2.45) is 5.92 Å². The van der Waals surface area contributed by atoms with Crippen molar-refractivity contribution < 1.29 is 9.53 Å². The van der Waals surface area contributed by atoms with E-state index in [1.54, 1.807) is 0 Å². The van der Waals surface area contributed by atoms with Crippen LogP contribution < -0.4 is 5.32 Å². The second kappa shape index (κ2) is 7.75. The van der Waals surface area contributed by atoms with Crippen LogP contribution in [0.5, 0.6) is 0 Å². The van der Waals surface area contributed by atoms with Crippen molar-refractivity contribution in [2.45, 2.75) is 37.8 Å². The Bertz CT molecular complexity index is 568. The molecule has 1 N–H and O–H groups in total. The van der Waals surface area contributed by atoms with Gasteiger partial charge in [0.05, 0.1) is 6.04 Å². The number of nitrogens with zero attached hydrogens (tertiary/aromatic N) is 2. The predicted molar refractivity (Wildman–Crippen MR) is 97.4 cm³/mol. The van der Waals surface area contributed by atoms with E-state index in [9.17, 15) is 4.79 Å². The third-order valence-electron chi connectivity index (χ3n) is 5.93. The van der Waals surface area contributed by atoms with Gasteiger partial charge in [0.15, 0.2) is 0 Å². The first-order valence-corrected chi connectivity index (χ1v) is 9.73. The monoisotopic (exact) mass is 343 g/mol. The molecule has 0 spiro atoms. The fourth-order valence-electron chi connectivity index (χ4n) is 4.50. The molecular formula is C20H29N3O2. The lowest BCUT2D eigenvalue weighted by Crippen LogP contribution is -2.46. The van der Waals surface area contributed by atoms with Crippen LogP contribution in [0, 0.1) is 5.92 Å². The minimum Gasteiger partial charge on any atom is -0.381 e. The molecule has 0 bridgehead atoms. The van der Waals surface area contributed by atoms with Gasteiger partial charge < -0.3 is 19.9 Å². The molecule has 1 aromatic rings. The summed E-state index contributed by atoms with van der Waals surface area (Å²) in [5.41, 5.74) is 1.27. The van der Waals surface area contributed by atoms with Crippen LogP contribution in [0.2, 0.25) is 0 Å². The summed E-state index contributed by atoms with van der Waals surface area (Å²) >= 11 is 0. The minimum absolute atomic E-state index is 0.191. The summed E-state index contributed by atoms with van der Waals surface area (Å²) in [5.74, 6) is 0.585. The molecule has 1 aromatic carbocycles. The number of hydrogen-bond donors (Lipinski definition) is 1. The molecule has 2 amide bonds. The number of carbonyl (C=O) groups excluding carboxylic acids is 1. The molecule has 0 radical (unpaired) electrons. The lowest BCUT2D eigenvalue weighted by Gasteiger charge is -2.35. The molecule has 0 saturated carbocycles. The lowest BCUT2D eigenvalue weighted by atomic mass is 9.99. The number of ether oxygens (including phenoxy) is 1. The Morgan fingerprint density at radius 2 is 1.76 bits per heavy atom. The molecule has 25 heavy (non-hydrogen) atoms. The van der Waals surface area contributed by atoms with Gasteiger partial charge in [-0.2, -0.15) is 0 Å². The van der Waals surface area contributed by atoms with Gasteiger partial charge in [-0.15, -0.1) is 0 Å². The molecule has 0 aliphatic carbocycles. The molecular weight excluding hydrogens is 314 g/mol. The number of rotatable bonds is 4. The van der Waals surface area contributed by atoms with Crippen LogP contribution in [0.25, 0.3) is 0 Å². The van der Waals surface area contributed by atoms with Gasteiger partial charge in [-0.3, -0.25) is 0 Å². The van der Waals surface area contributed by atoms with Crippen LogP contribution in [-0.4, -0.2) is 61.3 Å². The van der Waals surface area contributed by atoms with Gasteiger partial charge in [0.1, 0.15) is 0 Å². The maximum absolute atomic E-state index is 13.3. The molecule has 3 aliphatic rings. The predicted octanol–water partition coefficient (Wildman–Crippen LogP) is 2.64. The van der Waals surface area contributed by atoms with E-state index in [1.165, 1.54) is 5.56 Å². The van der Waals surface area contributed by atoms with E-state index in [0.717, 1.165) is 65.1 Å². The molecule has 4 rings (SSSR count). The quantitative estimate of drug-likeness (QED) is 0.914. The number of amides is 2. The van der Waals surface area contributed by atoms with E-state index >= 15 is 0 Å². The van der Waals surface area contributed by atoms with Gasteiger partial charge in [-0.1, -0.05) is 30.3 Å². The van der Waals surface area contributed by atoms with Crippen molar-refractivity contribution in [2.75, 3.05) is 39.4 Å². The van der Waals surface area contributed by atoms with Crippen molar-refractivity contribution in [3.8, 4) is 0 Å². The van der Waals surface area contributed by atoms with Gasteiger partial charge in [0.25, 0.3) is 0 Å². The Labute approximate surface area is 150 Å².